The minimum atomic E-state index is -0.521. The summed E-state index contributed by atoms with van der Waals surface area (Å²) in [5.74, 6) is 0.0197. The molecule has 2 N–H and O–H groups in total. The average Bonchev–Trinajstić information content (AvgIpc) is 3.10. The average molecular weight is 445 g/mol. The van der Waals surface area contributed by atoms with Crippen LogP contribution in [-0.2, 0) is 0 Å². The monoisotopic (exact) mass is 444 g/mol. The molecule has 30 heavy (non-hydrogen) atoms. The third-order valence-electron chi connectivity index (χ3n) is 4.50. The second-order valence-electron chi connectivity index (χ2n) is 6.53. The third-order valence-corrected chi connectivity index (χ3v) is 5.10. The summed E-state index contributed by atoms with van der Waals surface area (Å²) >= 11 is 12.4. The number of rotatable bonds is 5. The van der Waals surface area contributed by atoms with Crippen molar-refractivity contribution in [1.82, 2.24) is 20.2 Å². The van der Waals surface area contributed by atoms with Gasteiger partial charge in [0.1, 0.15) is 17.7 Å². The number of pyridine rings is 2. The molecule has 4 rings (SSSR count). The highest BCUT2D eigenvalue weighted by molar-refractivity contribution is 6.35. The molecule has 0 bridgehead atoms. The van der Waals surface area contributed by atoms with Gasteiger partial charge in [0, 0.05) is 47.2 Å². The van der Waals surface area contributed by atoms with Crippen LogP contribution in [0.5, 0.6) is 5.75 Å². The Balaban J connectivity index is 1.65. The lowest BCUT2D eigenvalue weighted by molar-refractivity contribution is 0.227. The second kappa shape index (κ2) is 8.30. The quantitative estimate of drug-likeness (QED) is 0.421. The fourth-order valence-corrected chi connectivity index (χ4v) is 3.71. The lowest BCUT2D eigenvalue weighted by atomic mass is 10.1. The number of halogens is 3. The van der Waals surface area contributed by atoms with Crippen molar-refractivity contribution in [3.63, 3.8) is 0 Å². The van der Waals surface area contributed by atoms with Crippen LogP contribution in [0.25, 0.3) is 22.8 Å². The number of nitrogens with zero attached hydrogens (tertiary/aromatic N) is 2. The standard InChI is InChI=1S/C21H15Cl2FN4O2/c1-11(21-15(22)9-25-10-16(21)23)30-13-3-4-18-14(6-13)19(28-27-18)7-17(24)12-2-5-20(29)26-8-12/h2-11H,1H3,(H,26,29)(H,27,28)/b17-7-/t11-/m1/s1. The highest BCUT2D eigenvalue weighted by Gasteiger charge is 2.17. The van der Waals surface area contributed by atoms with E-state index in [1.54, 1.807) is 18.2 Å². The zero-order chi connectivity index (χ0) is 21.3. The summed E-state index contributed by atoms with van der Waals surface area (Å²) < 4.78 is 20.6. The fraction of sp³-hybridized carbons (Fsp3) is 0.0952. The molecule has 0 radical (unpaired) electrons. The first-order chi connectivity index (χ1) is 14.4. The van der Waals surface area contributed by atoms with Crippen molar-refractivity contribution in [1.29, 1.82) is 0 Å². The van der Waals surface area contributed by atoms with Gasteiger partial charge in [0.25, 0.3) is 0 Å². The van der Waals surface area contributed by atoms with E-state index in [0.29, 0.717) is 38.0 Å². The molecule has 152 valence electrons. The van der Waals surface area contributed by atoms with Crippen LogP contribution in [0.4, 0.5) is 4.39 Å². The predicted octanol–water partition coefficient (Wildman–Crippen LogP) is 5.56. The molecule has 4 aromatic rings. The van der Waals surface area contributed by atoms with Crippen molar-refractivity contribution in [2.75, 3.05) is 0 Å². The molecule has 9 heteroatoms. The van der Waals surface area contributed by atoms with Crippen molar-refractivity contribution < 1.29 is 9.13 Å². The molecule has 0 saturated heterocycles. The molecule has 0 aliphatic carbocycles. The number of hydrogen-bond donors (Lipinski definition) is 2. The van der Waals surface area contributed by atoms with Crippen molar-refractivity contribution in [2.45, 2.75) is 13.0 Å². The number of aromatic nitrogens is 4. The van der Waals surface area contributed by atoms with Gasteiger partial charge < -0.3 is 9.72 Å². The molecule has 1 atom stereocenters. The molecule has 0 saturated carbocycles. The molecule has 6 nitrogen and oxygen atoms in total. The van der Waals surface area contributed by atoms with Crippen LogP contribution in [-0.4, -0.2) is 20.2 Å². The lowest BCUT2D eigenvalue weighted by Gasteiger charge is -2.17. The molecule has 0 spiro atoms. The number of nitrogens with one attached hydrogen (secondary N) is 2. The first-order valence-electron chi connectivity index (χ1n) is 8.92. The number of H-pyrrole nitrogens is 2. The van der Waals surface area contributed by atoms with E-state index in [1.807, 2.05) is 6.92 Å². The Morgan fingerprint density at radius 3 is 2.67 bits per heavy atom. The van der Waals surface area contributed by atoms with Crippen molar-refractivity contribution in [3.8, 4) is 5.75 Å². The van der Waals surface area contributed by atoms with E-state index in [-0.39, 0.29) is 11.1 Å². The van der Waals surface area contributed by atoms with Crippen LogP contribution in [0.15, 0.2) is 53.7 Å². The maximum absolute atomic E-state index is 14.6. The third kappa shape index (κ3) is 4.08. The van der Waals surface area contributed by atoms with Crippen LogP contribution in [0.3, 0.4) is 0 Å². The number of aromatic amines is 2. The zero-order valence-electron chi connectivity index (χ0n) is 15.6. The maximum atomic E-state index is 14.6. The highest BCUT2D eigenvalue weighted by atomic mass is 35.5. The molecule has 0 fully saturated rings. The van der Waals surface area contributed by atoms with Crippen molar-refractivity contribution in [3.05, 3.63) is 86.1 Å². The van der Waals surface area contributed by atoms with Crippen LogP contribution in [0, 0.1) is 0 Å². The Hall–Kier alpha value is -3.16. The largest absolute Gasteiger partial charge is 0.486 e. The van der Waals surface area contributed by atoms with Crippen LogP contribution >= 0.6 is 23.2 Å². The second-order valence-corrected chi connectivity index (χ2v) is 7.34. The first-order valence-corrected chi connectivity index (χ1v) is 9.68. The Morgan fingerprint density at radius 1 is 1.20 bits per heavy atom. The van der Waals surface area contributed by atoms with Gasteiger partial charge >= 0.3 is 0 Å². The molecular formula is C21H15Cl2FN4O2. The van der Waals surface area contributed by atoms with Crippen LogP contribution in [0.2, 0.25) is 10.0 Å². The van der Waals surface area contributed by atoms with Gasteiger partial charge in [-0.25, -0.2) is 4.39 Å². The molecule has 1 aromatic carbocycles. The molecule has 0 amide bonds. The van der Waals surface area contributed by atoms with Crippen molar-refractivity contribution in [2.24, 2.45) is 0 Å². The summed E-state index contributed by atoms with van der Waals surface area (Å²) in [6, 6.07) is 7.94. The van der Waals surface area contributed by atoms with E-state index in [1.165, 1.54) is 36.8 Å². The van der Waals surface area contributed by atoms with Crippen LogP contribution in [0.1, 0.15) is 29.8 Å². The van der Waals surface area contributed by atoms with Crippen LogP contribution < -0.4 is 10.3 Å². The summed E-state index contributed by atoms with van der Waals surface area (Å²) in [7, 11) is 0. The minimum absolute atomic E-state index is 0.250. The number of fused-ring (bicyclic) bond motifs is 1. The van der Waals surface area contributed by atoms with Gasteiger partial charge in [-0.15, -0.1) is 0 Å². The highest BCUT2D eigenvalue weighted by Crippen LogP contribution is 2.33. The van der Waals surface area contributed by atoms with E-state index in [2.05, 4.69) is 20.2 Å². The van der Waals surface area contributed by atoms with E-state index in [9.17, 15) is 9.18 Å². The topological polar surface area (TPSA) is 83.7 Å². The van der Waals surface area contributed by atoms with Gasteiger partial charge in [-0.2, -0.15) is 5.10 Å². The molecule has 0 unspecified atom stereocenters. The maximum Gasteiger partial charge on any atom is 0.247 e. The summed E-state index contributed by atoms with van der Waals surface area (Å²) in [4.78, 5) is 17.5. The van der Waals surface area contributed by atoms with Gasteiger partial charge in [0.05, 0.1) is 21.3 Å². The smallest absolute Gasteiger partial charge is 0.247 e. The van der Waals surface area contributed by atoms with E-state index in [0.717, 1.165) is 0 Å². The zero-order valence-corrected chi connectivity index (χ0v) is 17.1. The SMILES string of the molecule is C[C@@H](Oc1ccc2n[nH]c(/C=C(\F)c3ccc(=O)[nH]c3)c2c1)c1c(Cl)cncc1Cl. The summed E-state index contributed by atoms with van der Waals surface area (Å²) in [6.07, 6.45) is 5.20. The number of ether oxygens (including phenoxy) is 1. The van der Waals surface area contributed by atoms with Gasteiger partial charge in [-0.05, 0) is 31.2 Å². The Labute approximate surface area is 180 Å². The van der Waals surface area contributed by atoms with Gasteiger partial charge in [-0.3, -0.25) is 14.9 Å². The summed E-state index contributed by atoms with van der Waals surface area (Å²) in [5.41, 5.74) is 1.69. The van der Waals surface area contributed by atoms with E-state index >= 15 is 0 Å². The van der Waals surface area contributed by atoms with Crippen molar-refractivity contribution >= 4 is 46.0 Å². The molecular weight excluding hydrogens is 430 g/mol. The fourth-order valence-electron chi connectivity index (χ4n) is 3.03. The molecule has 0 aliphatic rings. The van der Waals surface area contributed by atoms with Gasteiger partial charge in [0.15, 0.2) is 0 Å². The summed E-state index contributed by atoms with van der Waals surface area (Å²) in [6.45, 7) is 1.82. The van der Waals surface area contributed by atoms with Gasteiger partial charge in [0.2, 0.25) is 5.56 Å². The summed E-state index contributed by atoms with van der Waals surface area (Å²) in [5, 5.41) is 8.49. The Kier molecular flexibility index (Phi) is 5.57. The Bertz CT molecular complexity index is 1280. The molecule has 0 aliphatic heterocycles. The lowest BCUT2D eigenvalue weighted by Crippen LogP contribution is -2.05. The molecule has 3 heterocycles. The van der Waals surface area contributed by atoms with E-state index in [4.69, 9.17) is 27.9 Å². The molecule has 3 aromatic heterocycles. The first kappa shape index (κ1) is 20.1. The van der Waals surface area contributed by atoms with Gasteiger partial charge in [-0.1, -0.05) is 23.2 Å². The number of hydrogen-bond acceptors (Lipinski definition) is 4. The number of benzene rings is 1. The van der Waals surface area contributed by atoms with E-state index < -0.39 is 11.9 Å². The predicted molar refractivity (Wildman–Crippen MR) is 115 cm³/mol. The minimum Gasteiger partial charge on any atom is -0.486 e. The Morgan fingerprint density at radius 2 is 1.97 bits per heavy atom. The normalized spacial score (nSPS) is 12.9.